The van der Waals surface area contributed by atoms with Crippen molar-refractivity contribution < 1.29 is 4.79 Å². The fourth-order valence-electron chi connectivity index (χ4n) is 1.11. The molecule has 0 spiro atoms. The van der Waals surface area contributed by atoms with Gasteiger partial charge < -0.3 is 0 Å². The van der Waals surface area contributed by atoms with E-state index >= 15 is 0 Å². The van der Waals surface area contributed by atoms with Crippen LogP contribution in [0.2, 0.25) is 0 Å². The minimum absolute atomic E-state index is 0.747. The Hall–Kier alpha value is -0.610. The number of nitrogens with one attached hydrogen (secondary N) is 2. The molecule has 1 heterocycles. The van der Waals surface area contributed by atoms with Crippen molar-refractivity contribution in [1.82, 2.24) is 16.0 Å². The predicted molar refractivity (Wildman–Crippen MR) is 42.0 cm³/mol. The zero-order chi connectivity index (χ0) is 7.94. The number of hydrazine groups is 2. The van der Waals surface area contributed by atoms with Gasteiger partial charge in [-0.15, -0.1) is 0 Å². The van der Waals surface area contributed by atoms with Crippen LogP contribution < -0.4 is 11.0 Å². The molecule has 4 nitrogen and oxygen atoms in total. The zero-order valence-electron chi connectivity index (χ0n) is 6.60. The van der Waals surface area contributed by atoms with E-state index in [0.717, 1.165) is 19.5 Å². The summed E-state index contributed by atoms with van der Waals surface area (Å²) in [5.41, 5.74) is 5.71. The van der Waals surface area contributed by atoms with Crippen LogP contribution in [0.5, 0.6) is 0 Å². The normalized spacial score (nSPS) is 21.6. The molecule has 0 aromatic carbocycles. The number of rotatable bonds is 1. The number of hydrogen-bond acceptors (Lipinski definition) is 3. The first-order valence-electron chi connectivity index (χ1n) is 4.07. The van der Waals surface area contributed by atoms with Gasteiger partial charge in [0.2, 0.25) is 0 Å². The van der Waals surface area contributed by atoms with Crippen LogP contribution in [0, 0.1) is 0 Å². The molecule has 0 aliphatic carbocycles. The lowest BCUT2D eigenvalue weighted by Gasteiger charge is -2.15. The Morgan fingerprint density at radius 1 is 1.18 bits per heavy atom. The molecule has 63 valence electrons. The fraction of sp³-hybridized carbons (Fsp3) is 0.857. The first-order chi connectivity index (χ1) is 5.43. The molecule has 0 bridgehead atoms. The second-order valence-corrected chi connectivity index (χ2v) is 2.70. The average Bonchev–Trinajstić information content (AvgIpc) is 2.16. The van der Waals surface area contributed by atoms with Gasteiger partial charge in [0.1, 0.15) is 0 Å². The Morgan fingerprint density at radius 2 is 2.00 bits per heavy atom. The van der Waals surface area contributed by atoms with Gasteiger partial charge in [0, 0.05) is 13.1 Å². The number of carbonyl (C=O) groups excluding carboxylic acids is 1. The van der Waals surface area contributed by atoms with Gasteiger partial charge in [0.05, 0.1) is 0 Å². The lowest BCUT2D eigenvalue weighted by Crippen LogP contribution is -2.46. The fourth-order valence-corrected chi connectivity index (χ4v) is 1.11. The Bertz CT molecular complexity index is 108. The van der Waals surface area contributed by atoms with E-state index in [2.05, 4.69) is 11.0 Å². The maximum absolute atomic E-state index is 10.2. The van der Waals surface area contributed by atoms with Gasteiger partial charge in [-0.2, -0.15) is 5.53 Å². The summed E-state index contributed by atoms with van der Waals surface area (Å²) in [6, 6.07) is 0. The summed E-state index contributed by atoms with van der Waals surface area (Å²) in [5.74, 6) is 0. The van der Waals surface area contributed by atoms with E-state index in [1.165, 1.54) is 24.3 Å². The molecule has 1 rings (SSSR count). The van der Waals surface area contributed by atoms with Crippen molar-refractivity contribution in [2.24, 2.45) is 0 Å². The van der Waals surface area contributed by atoms with E-state index in [1.807, 2.05) is 6.41 Å². The van der Waals surface area contributed by atoms with Crippen molar-refractivity contribution in [2.75, 3.05) is 13.1 Å². The molecule has 2 N–H and O–H groups in total. The molecule has 0 aromatic heterocycles. The van der Waals surface area contributed by atoms with Gasteiger partial charge in [0.15, 0.2) is 0 Å². The van der Waals surface area contributed by atoms with Gasteiger partial charge in [-0.1, -0.05) is 12.8 Å². The Balaban J connectivity index is 2.24. The molecular weight excluding hydrogens is 142 g/mol. The van der Waals surface area contributed by atoms with Crippen LogP contribution in [0.3, 0.4) is 0 Å². The van der Waals surface area contributed by atoms with Crippen LogP contribution in [0.1, 0.15) is 25.7 Å². The molecule has 1 amide bonds. The van der Waals surface area contributed by atoms with E-state index in [1.54, 1.807) is 0 Å². The van der Waals surface area contributed by atoms with Crippen LogP contribution in [-0.4, -0.2) is 24.5 Å². The Kier molecular flexibility index (Phi) is 3.93. The van der Waals surface area contributed by atoms with Gasteiger partial charge in [0.25, 0.3) is 0 Å². The topological polar surface area (TPSA) is 44.4 Å². The van der Waals surface area contributed by atoms with E-state index in [4.69, 9.17) is 0 Å². The smallest absolute Gasteiger partial charge is 0.262 e. The summed E-state index contributed by atoms with van der Waals surface area (Å²) in [4.78, 5) is 10.2. The van der Waals surface area contributed by atoms with Crippen LogP contribution in [0.25, 0.3) is 0 Å². The quantitative estimate of drug-likeness (QED) is 0.559. The van der Waals surface area contributed by atoms with Crippen molar-refractivity contribution in [1.29, 1.82) is 0 Å². The third kappa shape index (κ3) is 3.34. The molecule has 11 heavy (non-hydrogen) atoms. The molecule has 4 heteroatoms. The SMILES string of the molecule is O=[C]N1CCCCCCNN1. The molecule has 1 fully saturated rings. The highest BCUT2D eigenvalue weighted by molar-refractivity contribution is 5.46. The van der Waals surface area contributed by atoms with E-state index in [0.29, 0.717) is 0 Å². The van der Waals surface area contributed by atoms with Crippen LogP contribution in [-0.2, 0) is 4.79 Å². The molecule has 0 unspecified atom stereocenters. The number of amides is 1. The van der Waals surface area contributed by atoms with Crippen molar-refractivity contribution >= 4 is 6.41 Å². The third-order valence-electron chi connectivity index (χ3n) is 1.76. The average molecular weight is 156 g/mol. The predicted octanol–water partition coefficient (Wildman–Crippen LogP) is -0.0612. The molecule has 0 atom stereocenters. The molecule has 0 saturated carbocycles. The molecule has 1 radical (unpaired) electrons. The summed E-state index contributed by atoms with van der Waals surface area (Å²) < 4.78 is 0. The van der Waals surface area contributed by atoms with Gasteiger partial charge in [-0.05, 0) is 12.8 Å². The standard InChI is InChI=1S/C7H14N3O/c11-7-10-6-4-2-1-3-5-8-9-10/h8-9H,1-6H2. The summed E-state index contributed by atoms with van der Waals surface area (Å²) in [6.07, 6.45) is 6.47. The number of hydrogen-bond donors (Lipinski definition) is 2. The highest BCUT2D eigenvalue weighted by Crippen LogP contribution is 2.00. The molecular formula is C7H14N3O. The van der Waals surface area contributed by atoms with Crippen LogP contribution in [0.15, 0.2) is 0 Å². The lowest BCUT2D eigenvalue weighted by atomic mass is 10.2. The van der Waals surface area contributed by atoms with Crippen LogP contribution >= 0.6 is 0 Å². The van der Waals surface area contributed by atoms with Gasteiger partial charge in [-0.3, -0.25) is 9.80 Å². The highest BCUT2D eigenvalue weighted by atomic mass is 16.1. The maximum atomic E-state index is 10.2. The lowest BCUT2D eigenvalue weighted by molar-refractivity contribution is 0.245. The highest BCUT2D eigenvalue weighted by Gasteiger charge is 2.02. The minimum atomic E-state index is 0.747. The van der Waals surface area contributed by atoms with E-state index < -0.39 is 0 Å². The van der Waals surface area contributed by atoms with E-state index in [9.17, 15) is 4.79 Å². The Labute approximate surface area is 66.9 Å². The molecule has 1 aliphatic rings. The maximum Gasteiger partial charge on any atom is 0.328 e. The Morgan fingerprint density at radius 3 is 2.82 bits per heavy atom. The van der Waals surface area contributed by atoms with Crippen molar-refractivity contribution in [2.45, 2.75) is 25.7 Å². The minimum Gasteiger partial charge on any atom is -0.262 e. The van der Waals surface area contributed by atoms with Crippen molar-refractivity contribution in [3.8, 4) is 0 Å². The monoisotopic (exact) mass is 156 g/mol. The zero-order valence-corrected chi connectivity index (χ0v) is 6.60. The van der Waals surface area contributed by atoms with Crippen LogP contribution in [0.4, 0.5) is 0 Å². The summed E-state index contributed by atoms with van der Waals surface area (Å²) in [6.45, 7) is 1.66. The second kappa shape index (κ2) is 5.09. The third-order valence-corrected chi connectivity index (χ3v) is 1.76. The van der Waals surface area contributed by atoms with Gasteiger partial charge >= 0.3 is 6.41 Å². The van der Waals surface area contributed by atoms with Crippen molar-refractivity contribution in [3.05, 3.63) is 0 Å². The largest absolute Gasteiger partial charge is 0.328 e. The van der Waals surface area contributed by atoms with Gasteiger partial charge in [-0.25, -0.2) is 5.43 Å². The van der Waals surface area contributed by atoms with Crippen molar-refractivity contribution in [3.63, 3.8) is 0 Å². The molecule has 1 saturated heterocycles. The number of nitrogens with zero attached hydrogens (tertiary/aromatic N) is 1. The summed E-state index contributed by atoms with van der Waals surface area (Å²) >= 11 is 0. The first kappa shape index (κ1) is 8.49. The summed E-state index contributed by atoms with van der Waals surface area (Å²) in [7, 11) is 0. The van der Waals surface area contributed by atoms with E-state index in [-0.39, 0.29) is 0 Å². The molecule has 0 aromatic rings. The second-order valence-electron chi connectivity index (χ2n) is 2.70. The first-order valence-corrected chi connectivity index (χ1v) is 4.07. The molecule has 1 aliphatic heterocycles. The summed E-state index contributed by atoms with van der Waals surface area (Å²) in [5, 5.41) is 1.42.